The Morgan fingerprint density at radius 2 is 1.88 bits per heavy atom. The first-order valence-electron chi connectivity index (χ1n) is 5.89. The zero-order valence-electron chi connectivity index (χ0n) is 9.48. The van der Waals surface area contributed by atoms with Gasteiger partial charge in [-0.25, -0.2) is 0 Å². The fourth-order valence-electron chi connectivity index (χ4n) is 2.35. The highest BCUT2D eigenvalue weighted by Crippen LogP contribution is 2.45. The fraction of sp³-hybridized carbons (Fsp3) is 0.500. The van der Waals surface area contributed by atoms with Gasteiger partial charge in [-0.1, -0.05) is 43.2 Å². The van der Waals surface area contributed by atoms with E-state index >= 15 is 0 Å². The van der Waals surface area contributed by atoms with Crippen molar-refractivity contribution in [1.29, 1.82) is 5.26 Å². The fourth-order valence-corrected chi connectivity index (χ4v) is 3.76. The maximum atomic E-state index is 8.93. The quantitative estimate of drug-likeness (QED) is 0.777. The van der Waals surface area contributed by atoms with E-state index in [2.05, 4.69) is 36.4 Å². The highest BCUT2D eigenvalue weighted by molar-refractivity contribution is 7.99. The molecule has 1 aliphatic carbocycles. The number of hydrogen-bond acceptors (Lipinski definition) is 2. The molecule has 0 saturated heterocycles. The van der Waals surface area contributed by atoms with Crippen molar-refractivity contribution < 1.29 is 0 Å². The lowest BCUT2D eigenvalue weighted by Crippen LogP contribution is -2.19. The lowest BCUT2D eigenvalue weighted by atomic mass is 10.0. The lowest BCUT2D eigenvalue weighted by molar-refractivity contribution is 0.622. The minimum absolute atomic E-state index is 0.255. The second-order valence-corrected chi connectivity index (χ2v) is 5.94. The van der Waals surface area contributed by atoms with Crippen LogP contribution in [-0.2, 0) is 5.75 Å². The largest absolute Gasteiger partial charge is 0.198 e. The molecule has 2 heteroatoms. The van der Waals surface area contributed by atoms with Gasteiger partial charge in [0.1, 0.15) is 0 Å². The van der Waals surface area contributed by atoms with Crippen LogP contribution in [-0.4, -0.2) is 4.75 Å². The van der Waals surface area contributed by atoms with Crippen LogP contribution < -0.4 is 0 Å². The van der Waals surface area contributed by atoms with Gasteiger partial charge in [-0.3, -0.25) is 0 Å². The van der Waals surface area contributed by atoms with Gasteiger partial charge in [0.15, 0.2) is 0 Å². The Kier molecular flexibility index (Phi) is 3.90. The summed E-state index contributed by atoms with van der Waals surface area (Å²) < 4.78 is 0.255. The summed E-state index contributed by atoms with van der Waals surface area (Å²) in [6, 6.07) is 12.9. The second kappa shape index (κ2) is 5.41. The molecule has 1 aromatic rings. The van der Waals surface area contributed by atoms with Crippen LogP contribution in [0.4, 0.5) is 0 Å². The standard InChI is InChI=1S/C14H17NS/c15-11-10-14(8-4-5-9-14)16-12-13-6-2-1-3-7-13/h1-3,6-7H,4-5,8-10,12H2. The average molecular weight is 231 g/mol. The highest BCUT2D eigenvalue weighted by atomic mass is 32.2. The van der Waals surface area contributed by atoms with Gasteiger partial charge in [0.05, 0.1) is 6.07 Å². The Hall–Kier alpha value is -0.940. The first-order valence-corrected chi connectivity index (χ1v) is 6.88. The van der Waals surface area contributed by atoms with Crippen molar-refractivity contribution in [3.63, 3.8) is 0 Å². The minimum Gasteiger partial charge on any atom is -0.198 e. The third-order valence-corrected chi connectivity index (χ3v) is 4.95. The van der Waals surface area contributed by atoms with Crippen LogP contribution >= 0.6 is 11.8 Å². The lowest BCUT2D eigenvalue weighted by Gasteiger charge is -2.25. The van der Waals surface area contributed by atoms with Crippen LogP contribution in [0.25, 0.3) is 0 Å². The zero-order chi connectivity index (χ0) is 11.3. The summed E-state index contributed by atoms with van der Waals surface area (Å²) in [5.74, 6) is 1.04. The van der Waals surface area contributed by atoms with Crippen LogP contribution in [0.15, 0.2) is 30.3 Å². The van der Waals surface area contributed by atoms with Crippen LogP contribution in [0, 0.1) is 11.3 Å². The van der Waals surface area contributed by atoms with Crippen molar-refractivity contribution in [2.45, 2.75) is 42.6 Å². The summed E-state index contributed by atoms with van der Waals surface area (Å²) in [5.41, 5.74) is 1.37. The first kappa shape index (κ1) is 11.5. The van der Waals surface area contributed by atoms with Gasteiger partial charge in [0.2, 0.25) is 0 Å². The molecule has 1 aromatic carbocycles. The molecule has 0 radical (unpaired) electrons. The molecule has 1 fully saturated rings. The number of nitrogens with zero attached hydrogens (tertiary/aromatic N) is 1. The van der Waals surface area contributed by atoms with Gasteiger partial charge in [-0.15, -0.1) is 11.8 Å². The smallest absolute Gasteiger partial charge is 0.0636 e. The van der Waals surface area contributed by atoms with Gasteiger partial charge in [0, 0.05) is 16.9 Å². The molecule has 1 saturated carbocycles. The van der Waals surface area contributed by atoms with E-state index in [1.807, 2.05) is 11.8 Å². The molecule has 0 aromatic heterocycles. The van der Waals surface area contributed by atoms with Crippen molar-refractivity contribution in [2.75, 3.05) is 0 Å². The summed E-state index contributed by atoms with van der Waals surface area (Å²) in [4.78, 5) is 0. The summed E-state index contributed by atoms with van der Waals surface area (Å²) in [5, 5.41) is 8.93. The Morgan fingerprint density at radius 3 is 2.50 bits per heavy atom. The summed E-state index contributed by atoms with van der Waals surface area (Å²) in [7, 11) is 0. The molecular weight excluding hydrogens is 214 g/mol. The van der Waals surface area contributed by atoms with Crippen LogP contribution in [0.1, 0.15) is 37.7 Å². The van der Waals surface area contributed by atoms with E-state index in [-0.39, 0.29) is 4.75 Å². The monoisotopic (exact) mass is 231 g/mol. The maximum absolute atomic E-state index is 8.93. The van der Waals surface area contributed by atoms with E-state index in [1.165, 1.54) is 31.2 Å². The highest BCUT2D eigenvalue weighted by Gasteiger charge is 2.33. The van der Waals surface area contributed by atoms with Gasteiger partial charge in [0.25, 0.3) is 0 Å². The van der Waals surface area contributed by atoms with E-state index in [4.69, 9.17) is 5.26 Å². The van der Waals surface area contributed by atoms with Crippen molar-refractivity contribution in [2.24, 2.45) is 0 Å². The third kappa shape index (κ3) is 2.80. The molecule has 0 N–H and O–H groups in total. The van der Waals surface area contributed by atoms with Gasteiger partial charge < -0.3 is 0 Å². The number of hydrogen-bond donors (Lipinski definition) is 0. The van der Waals surface area contributed by atoms with E-state index in [9.17, 15) is 0 Å². The van der Waals surface area contributed by atoms with Crippen molar-refractivity contribution in [3.8, 4) is 6.07 Å². The second-order valence-electron chi connectivity index (χ2n) is 4.50. The normalized spacial score (nSPS) is 18.2. The van der Waals surface area contributed by atoms with E-state index in [0.717, 1.165) is 5.75 Å². The number of rotatable bonds is 4. The average Bonchev–Trinajstić information content (AvgIpc) is 2.78. The summed E-state index contributed by atoms with van der Waals surface area (Å²) >= 11 is 1.99. The molecule has 16 heavy (non-hydrogen) atoms. The third-order valence-electron chi connectivity index (χ3n) is 3.30. The number of thioether (sulfide) groups is 1. The molecule has 2 rings (SSSR count). The molecule has 0 unspecified atom stereocenters. The van der Waals surface area contributed by atoms with Crippen molar-refractivity contribution >= 4 is 11.8 Å². The Labute approximate surface area is 102 Å². The molecule has 84 valence electrons. The van der Waals surface area contributed by atoms with E-state index in [1.54, 1.807) is 0 Å². The van der Waals surface area contributed by atoms with E-state index in [0.29, 0.717) is 6.42 Å². The molecule has 1 nitrogen and oxygen atoms in total. The molecule has 0 aliphatic heterocycles. The minimum atomic E-state index is 0.255. The molecule has 0 spiro atoms. The first-order chi connectivity index (χ1) is 7.85. The molecule has 1 aliphatic rings. The molecular formula is C14H17NS. The van der Waals surface area contributed by atoms with Crippen LogP contribution in [0.3, 0.4) is 0 Å². The Bertz CT molecular complexity index is 360. The van der Waals surface area contributed by atoms with Crippen LogP contribution in [0.5, 0.6) is 0 Å². The van der Waals surface area contributed by atoms with Gasteiger partial charge in [-0.2, -0.15) is 5.26 Å². The predicted molar refractivity (Wildman–Crippen MR) is 69.2 cm³/mol. The Balaban J connectivity index is 1.95. The molecule has 0 amide bonds. The summed E-state index contributed by atoms with van der Waals surface area (Å²) in [6.07, 6.45) is 5.74. The molecule has 0 bridgehead atoms. The van der Waals surface area contributed by atoms with Crippen molar-refractivity contribution in [1.82, 2.24) is 0 Å². The zero-order valence-corrected chi connectivity index (χ0v) is 10.3. The predicted octanol–water partition coefficient (Wildman–Crippen LogP) is 4.15. The van der Waals surface area contributed by atoms with Gasteiger partial charge in [-0.05, 0) is 18.4 Å². The number of benzene rings is 1. The van der Waals surface area contributed by atoms with Crippen LogP contribution in [0.2, 0.25) is 0 Å². The number of nitriles is 1. The topological polar surface area (TPSA) is 23.8 Å². The van der Waals surface area contributed by atoms with E-state index < -0.39 is 0 Å². The summed E-state index contributed by atoms with van der Waals surface area (Å²) in [6.45, 7) is 0. The molecule has 0 atom stereocenters. The molecule has 0 heterocycles. The Morgan fingerprint density at radius 1 is 1.19 bits per heavy atom. The SMILES string of the molecule is N#CCC1(SCc2ccccc2)CCCC1. The maximum Gasteiger partial charge on any atom is 0.0636 e. The van der Waals surface area contributed by atoms with Crippen molar-refractivity contribution in [3.05, 3.63) is 35.9 Å². The van der Waals surface area contributed by atoms with Gasteiger partial charge >= 0.3 is 0 Å².